The summed E-state index contributed by atoms with van der Waals surface area (Å²) in [5.41, 5.74) is 4.80. The Bertz CT molecular complexity index is 1670. The lowest BCUT2D eigenvalue weighted by Gasteiger charge is -2.28. The van der Waals surface area contributed by atoms with Crippen molar-refractivity contribution in [2.75, 3.05) is 62.9 Å². The van der Waals surface area contributed by atoms with Gasteiger partial charge in [0.1, 0.15) is 11.3 Å². The lowest BCUT2D eigenvalue weighted by molar-refractivity contribution is 0.122. The highest BCUT2D eigenvalue weighted by Crippen LogP contribution is 2.39. The minimum atomic E-state index is -0.705. The Balaban J connectivity index is 1.41. The minimum Gasteiger partial charge on any atom is -0.496 e. The lowest BCUT2D eigenvalue weighted by atomic mass is 10.1. The number of rotatable bonds is 5. The van der Waals surface area contributed by atoms with Crippen LogP contribution >= 0.6 is 0 Å². The second-order valence-electron chi connectivity index (χ2n) is 9.65. The Morgan fingerprint density at radius 3 is 2.74 bits per heavy atom. The molecule has 7 rings (SSSR count). The van der Waals surface area contributed by atoms with Gasteiger partial charge in [-0.3, -0.25) is 9.11 Å². The van der Waals surface area contributed by atoms with Crippen LogP contribution in [0.15, 0.2) is 41.1 Å². The van der Waals surface area contributed by atoms with E-state index in [9.17, 15) is 4.21 Å². The predicted octanol–water partition coefficient (Wildman–Crippen LogP) is 3.33. The Morgan fingerprint density at radius 2 is 1.92 bits per heavy atom. The van der Waals surface area contributed by atoms with E-state index in [1.165, 1.54) is 0 Å². The van der Waals surface area contributed by atoms with Crippen LogP contribution in [0.5, 0.6) is 5.75 Å². The van der Waals surface area contributed by atoms with Crippen LogP contribution in [-0.2, 0) is 22.1 Å². The second-order valence-corrected chi connectivity index (χ2v) is 11.3. The molecular formula is C27H28N6O4S. The monoisotopic (exact) mass is 532 g/mol. The van der Waals surface area contributed by atoms with Crippen LogP contribution < -0.4 is 9.64 Å². The molecule has 1 N–H and O–H groups in total. The first-order valence-electron chi connectivity index (χ1n) is 12.8. The molecule has 0 amide bonds. The molecule has 1 aromatic carbocycles. The summed E-state index contributed by atoms with van der Waals surface area (Å²) in [5, 5.41) is 1.85. The molecule has 0 spiro atoms. The number of ether oxygens (including phenoxy) is 2. The van der Waals surface area contributed by atoms with Gasteiger partial charge in [0, 0.05) is 78.3 Å². The van der Waals surface area contributed by atoms with E-state index in [2.05, 4.69) is 25.8 Å². The van der Waals surface area contributed by atoms with Crippen LogP contribution in [0.4, 0.5) is 5.82 Å². The zero-order valence-electron chi connectivity index (χ0n) is 21.1. The van der Waals surface area contributed by atoms with E-state index in [0.29, 0.717) is 49.2 Å². The van der Waals surface area contributed by atoms with Gasteiger partial charge in [-0.05, 0) is 29.8 Å². The molecule has 0 radical (unpaired) electrons. The van der Waals surface area contributed by atoms with Crippen LogP contribution in [0.2, 0.25) is 0 Å². The van der Waals surface area contributed by atoms with Crippen LogP contribution in [0.1, 0.15) is 5.56 Å². The predicted molar refractivity (Wildman–Crippen MR) is 147 cm³/mol. The number of morpholine rings is 1. The third-order valence-electron chi connectivity index (χ3n) is 7.34. The van der Waals surface area contributed by atoms with Gasteiger partial charge in [0.05, 0.1) is 31.3 Å². The number of hydrogen-bond donors (Lipinski definition) is 1. The van der Waals surface area contributed by atoms with Crippen molar-refractivity contribution in [3.8, 4) is 17.1 Å². The summed E-state index contributed by atoms with van der Waals surface area (Å²) in [6, 6.07) is 8.08. The largest absolute Gasteiger partial charge is 0.496 e. The van der Waals surface area contributed by atoms with Crippen molar-refractivity contribution in [1.29, 1.82) is 0 Å². The van der Waals surface area contributed by atoms with Gasteiger partial charge in [-0.1, -0.05) is 0 Å². The molecule has 0 aliphatic carbocycles. The van der Waals surface area contributed by atoms with E-state index in [1.54, 1.807) is 7.11 Å². The number of hydrogen-bond acceptors (Lipinski definition) is 9. The Kier molecular flexibility index (Phi) is 5.98. The third-order valence-corrected chi connectivity index (χ3v) is 8.61. The summed E-state index contributed by atoms with van der Waals surface area (Å²) in [7, 11) is 0.960. The number of aromatic amines is 1. The molecule has 4 aromatic heterocycles. The molecule has 11 heteroatoms. The molecule has 196 valence electrons. The summed E-state index contributed by atoms with van der Waals surface area (Å²) in [5.74, 6) is 3.46. The maximum absolute atomic E-state index is 11.8. The third kappa shape index (κ3) is 4.11. The number of methoxy groups -OCH3 is 1. The van der Waals surface area contributed by atoms with Crippen LogP contribution in [0.3, 0.4) is 0 Å². The Morgan fingerprint density at radius 1 is 1.08 bits per heavy atom. The molecule has 6 heterocycles. The SMILES string of the molecule is COc1ccc2[nH]ccc2c1-c1nc(N2CCOCC2)c2oc3ncc(CN4CCS(=O)CC4)cc3c2n1. The average Bonchev–Trinajstić information content (AvgIpc) is 3.58. The summed E-state index contributed by atoms with van der Waals surface area (Å²) in [6.07, 6.45) is 3.78. The Labute approximate surface area is 221 Å². The summed E-state index contributed by atoms with van der Waals surface area (Å²) < 4.78 is 29.5. The number of nitrogens with one attached hydrogen (secondary N) is 1. The molecule has 2 fully saturated rings. The number of fused-ring (bicyclic) bond motifs is 4. The van der Waals surface area contributed by atoms with Gasteiger partial charge in [0.25, 0.3) is 0 Å². The molecule has 0 atom stereocenters. The smallest absolute Gasteiger partial charge is 0.229 e. The van der Waals surface area contributed by atoms with Crippen LogP contribution in [-0.4, -0.2) is 87.1 Å². The number of benzene rings is 1. The van der Waals surface area contributed by atoms with Crippen molar-refractivity contribution in [3.05, 3.63) is 42.2 Å². The highest BCUT2D eigenvalue weighted by molar-refractivity contribution is 7.85. The van der Waals surface area contributed by atoms with Gasteiger partial charge in [-0.25, -0.2) is 15.0 Å². The van der Waals surface area contributed by atoms with Crippen LogP contribution in [0.25, 0.3) is 44.5 Å². The molecule has 2 aliphatic rings. The summed E-state index contributed by atoms with van der Waals surface area (Å²) >= 11 is 0. The molecule has 2 saturated heterocycles. The standard InChI is InChI=1S/C27H28N6O4S/c1-35-21-3-2-20-18(4-5-28-20)22(21)25-30-23-19-14-17(16-32-8-12-38(34)13-9-32)15-29-27(19)37-24(23)26(31-25)33-6-10-36-11-7-33/h2-5,14-15,28H,6-13,16H2,1H3. The maximum atomic E-state index is 11.8. The van der Waals surface area contributed by atoms with Gasteiger partial charge in [0.15, 0.2) is 17.2 Å². The van der Waals surface area contributed by atoms with Gasteiger partial charge in [-0.15, -0.1) is 0 Å². The lowest BCUT2D eigenvalue weighted by Crippen LogP contribution is -2.37. The molecule has 5 aromatic rings. The van der Waals surface area contributed by atoms with E-state index in [-0.39, 0.29) is 0 Å². The zero-order valence-corrected chi connectivity index (χ0v) is 21.9. The second kappa shape index (κ2) is 9.64. The van der Waals surface area contributed by atoms with Crippen molar-refractivity contribution in [3.63, 3.8) is 0 Å². The zero-order chi connectivity index (χ0) is 25.6. The average molecular weight is 533 g/mol. The number of aromatic nitrogens is 4. The molecule has 0 bridgehead atoms. The fraction of sp³-hybridized carbons (Fsp3) is 0.370. The Hall–Kier alpha value is -3.54. The summed E-state index contributed by atoms with van der Waals surface area (Å²) in [6.45, 7) is 5.07. The number of anilines is 1. The van der Waals surface area contributed by atoms with Crippen molar-refractivity contribution in [2.45, 2.75) is 6.54 Å². The van der Waals surface area contributed by atoms with Gasteiger partial charge in [0.2, 0.25) is 5.71 Å². The molecule has 2 aliphatic heterocycles. The normalized spacial score (nSPS) is 17.7. The first kappa shape index (κ1) is 23.6. The maximum Gasteiger partial charge on any atom is 0.229 e. The molecule has 0 unspecified atom stereocenters. The summed E-state index contributed by atoms with van der Waals surface area (Å²) in [4.78, 5) is 22.6. The molecule has 10 nitrogen and oxygen atoms in total. The van der Waals surface area contributed by atoms with Gasteiger partial charge >= 0.3 is 0 Å². The number of H-pyrrole nitrogens is 1. The fourth-order valence-electron chi connectivity index (χ4n) is 5.35. The van der Waals surface area contributed by atoms with Gasteiger partial charge in [-0.2, -0.15) is 0 Å². The number of pyridine rings is 1. The number of nitrogens with zero attached hydrogens (tertiary/aromatic N) is 5. The highest BCUT2D eigenvalue weighted by atomic mass is 32.2. The first-order chi connectivity index (χ1) is 18.7. The fourth-order valence-corrected chi connectivity index (χ4v) is 6.48. The van der Waals surface area contributed by atoms with E-state index in [1.807, 2.05) is 30.6 Å². The topological polar surface area (TPSA) is 110 Å². The van der Waals surface area contributed by atoms with E-state index in [0.717, 1.165) is 69.9 Å². The minimum absolute atomic E-state index is 0.538. The molecular weight excluding hydrogens is 504 g/mol. The van der Waals surface area contributed by atoms with Gasteiger partial charge < -0.3 is 23.8 Å². The van der Waals surface area contributed by atoms with Crippen LogP contribution in [0, 0.1) is 0 Å². The van der Waals surface area contributed by atoms with Crippen molar-refractivity contribution < 1.29 is 18.1 Å². The van der Waals surface area contributed by atoms with E-state index in [4.69, 9.17) is 23.9 Å². The quantitative estimate of drug-likeness (QED) is 0.364. The van der Waals surface area contributed by atoms with E-state index < -0.39 is 10.8 Å². The highest BCUT2D eigenvalue weighted by Gasteiger charge is 2.25. The van der Waals surface area contributed by atoms with Crippen molar-refractivity contribution >= 4 is 49.7 Å². The van der Waals surface area contributed by atoms with E-state index >= 15 is 0 Å². The number of furan rings is 1. The van der Waals surface area contributed by atoms with Crippen molar-refractivity contribution in [1.82, 2.24) is 24.8 Å². The molecule has 38 heavy (non-hydrogen) atoms. The molecule has 0 saturated carbocycles. The first-order valence-corrected chi connectivity index (χ1v) is 14.3. The van der Waals surface area contributed by atoms with Crippen molar-refractivity contribution in [2.24, 2.45) is 0 Å².